The Kier molecular flexibility index (Phi) is 4.23. The van der Waals surface area contributed by atoms with Gasteiger partial charge in [-0.3, -0.25) is 9.78 Å². The fraction of sp³-hybridized carbons (Fsp3) is 0.571. The van der Waals surface area contributed by atoms with Crippen LogP contribution in [-0.2, 0) is 0 Å². The molecule has 1 heterocycles. The molecule has 0 spiro atoms. The number of carbonyl (C=O) groups is 1. The zero-order valence-corrected chi connectivity index (χ0v) is 11.6. The summed E-state index contributed by atoms with van der Waals surface area (Å²) in [5.74, 6) is 1.28. The van der Waals surface area contributed by atoms with E-state index in [2.05, 4.69) is 17.2 Å². The summed E-state index contributed by atoms with van der Waals surface area (Å²) in [5.41, 5.74) is 1.29. The van der Waals surface area contributed by atoms with Gasteiger partial charge in [0.15, 0.2) is 0 Å². The summed E-state index contributed by atoms with van der Waals surface area (Å²) in [4.78, 5) is 16.1. The van der Waals surface area contributed by atoms with E-state index < -0.39 is 0 Å². The number of carbonyl (C=O) groups excluding carboxylic acids is 1. The van der Waals surface area contributed by atoms with Gasteiger partial charge >= 0.3 is 0 Å². The van der Waals surface area contributed by atoms with Gasteiger partial charge in [0.25, 0.3) is 5.91 Å². The summed E-state index contributed by atoms with van der Waals surface area (Å²) in [6, 6.07) is 1.72. The van der Waals surface area contributed by atoms with Crippen LogP contribution in [0.25, 0.3) is 0 Å². The number of hydrogen-bond acceptors (Lipinski definition) is 2. The van der Waals surface area contributed by atoms with Gasteiger partial charge in [0.1, 0.15) is 0 Å². The number of hydrogen-bond donors (Lipinski definition) is 1. The van der Waals surface area contributed by atoms with Gasteiger partial charge in [0, 0.05) is 18.4 Å². The predicted molar refractivity (Wildman–Crippen MR) is 72.8 cm³/mol. The van der Waals surface area contributed by atoms with Crippen molar-refractivity contribution in [1.82, 2.24) is 10.3 Å². The first-order valence-corrected chi connectivity index (χ1v) is 6.84. The molecule has 1 fully saturated rings. The summed E-state index contributed by atoms with van der Waals surface area (Å²) in [6.45, 7) is 4.86. The quantitative estimate of drug-likeness (QED) is 0.913. The molecule has 1 N–H and O–H groups in total. The van der Waals surface area contributed by atoms with E-state index in [4.69, 9.17) is 11.6 Å². The van der Waals surface area contributed by atoms with Crippen LogP contribution in [0.2, 0.25) is 5.02 Å². The molecule has 4 heteroatoms. The summed E-state index contributed by atoms with van der Waals surface area (Å²) in [7, 11) is 0. The summed E-state index contributed by atoms with van der Waals surface area (Å²) in [6.07, 6.45) is 5.24. The van der Waals surface area contributed by atoms with E-state index in [0.717, 1.165) is 18.2 Å². The molecule has 3 nitrogen and oxygen atoms in total. The molecule has 2 unspecified atom stereocenters. The third-order valence-electron chi connectivity index (χ3n) is 3.59. The molecule has 1 aromatic rings. The molecule has 0 aromatic carbocycles. The van der Waals surface area contributed by atoms with E-state index in [1.807, 2.05) is 6.92 Å². The van der Waals surface area contributed by atoms with Crippen LogP contribution in [0.3, 0.4) is 0 Å². The van der Waals surface area contributed by atoms with Gasteiger partial charge in [-0.25, -0.2) is 0 Å². The second-order valence-corrected chi connectivity index (χ2v) is 5.71. The molecule has 1 aliphatic rings. The number of rotatable bonds is 3. The monoisotopic (exact) mass is 266 g/mol. The third-order valence-corrected chi connectivity index (χ3v) is 3.90. The number of halogens is 1. The maximum absolute atomic E-state index is 12.0. The van der Waals surface area contributed by atoms with Crippen molar-refractivity contribution in [3.05, 3.63) is 28.5 Å². The Balaban J connectivity index is 1.91. The van der Waals surface area contributed by atoms with E-state index in [1.54, 1.807) is 12.3 Å². The van der Waals surface area contributed by atoms with Gasteiger partial charge in [-0.1, -0.05) is 24.9 Å². The first kappa shape index (κ1) is 13.3. The van der Waals surface area contributed by atoms with Crippen molar-refractivity contribution in [2.24, 2.45) is 11.8 Å². The lowest BCUT2D eigenvalue weighted by molar-refractivity contribution is 0.0947. The first-order valence-electron chi connectivity index (χ1n) is 6.46. The van der Waals surface area contributed by atoms with E-state index in [-0.39, 0.29) is 5.91 Å². The fourth-order valence-corrected chi connectivity index (χ4v) is 2.83. The van der Waals surface area contributed by atoms with Crippen LogP contribution in [0.5, 0.6) is 0 Å². The molecule has 98 valence electrons. The zero-order chi connectivity index (χ0) is 13.1. The molecule has 1 aliphatic carbocycles. The number of aromatic nitrogens is 1. The Morgan fingerprint density at radius 1 is 1.56 bits per heavy atom. The van der Waals surface area contributed by atoms with Crippen LogP contribution in [0.4, 0.5) is 0 Å². The average molecular weight is 267 g/mol. The molecule has 0 bridgehead atoms. The van der Waals surface area contributed by atoms with Crippen LogP contribution < -0.4 is 5.32 Å². The van der Waals surface area contributed by atoms with Gasteiger partial charge < -0.3 is 5.32 Å². The van der Waals surface area contributed by atoms with Crippen molar-refractivity contribution in [3.63, 3.8) is 0 Å². The maximum Gasteiger partial charge on any atom is 0.254 e. The Labute approximate surface area is 113 Å². The Morgan fingerprint density at radius 2 is 2.33 bits per heavy atom. The lowest BCUT2D eigenvalue weighted by Crippen LogP contribution is -2.28. The molecule has 0 radical (unpaired) electrons. The topological polar surface area (TPSA) is 42.0 Å². The predicted octanol–water partition coefficient (Wildman–Crippen LogP) is 3.21. The van der Waals surface area contributed by atoms with E-state index in [9.17, 15) is 4.79 Å². The van der Waals surface area contributed by atoms with Gasteiger partial charge in [-0.05, 0) is 37.7 Å². The van der Waals surface area contributed by atoms with Gasteiger partial charge in [0.2, 0.25) is 0 Å². The average Bonchev–Trinajstić information content (AvgIpc) is 2.72. The lowest BCUT2D eigenvalue weighted by Gasteiger charge is -2.11. The number of aryl methyl sites for hydroxylation is 1. The molecule has 18 heavy (non-hydrogen) atoms. The molecule has 2 atom stereocenters. The van der Waals surface area contributed by atoms with Gasteiger partial charge in [-0.2, -0.15) is 0 Å². The molecular formula is C14H19ClN2O. The van der Waals surface area contributed by atoms with Crippen molar-refractivity contribution >= 4 is 17.5 Å². The minimum atomic E-state index is -0.118. The van der Waals surface area contributed by atoms with E-state index in [1.165, 1.54) is 19.3 Å². The standard InChI is InChI=1S/C14H19ClN2O/c1-9-3-4-11(5-9)7-17-14(18)12-8-16-10(2)6-13(12)15/h6,8-9,11H,3-5,7H2,1-2H3,(H,17,18). The lowest BCUT2D eigenvalue weighted by atomic mass is 10.1. The first-order chi connectivity index (χ1) is 8.56. The number of nitrogens with one attached hydrogen (secondary N) is 1. The summed E-state index contributed by atoms with van der Waals surface area (Å²) >= 11 is 6.04. The van der Waals surface area contributed by atoms with Crippen molar-refractivity contribution < 1.29 is 4.79 Å². The maximum atomic E-state index is 12.0. The third kappa shape index (κ3) is 3.22. The SMILES string of the molecule is Cc1cc(Cl)c(C(=O)NCC2CCC(C)C2)cn1. The Morgan fingerprint density at radius 3 is 2.94 bits per heavy atom. The smallest absolute Gasteiger partial charge is 0.254 e. The number of amides is 1. The fourth-order valence-electron chi connectivity index (χ4n) is 2.54. The van der Waals surface area contributed by atoms with Crippen LogP contribution >= 0.6 is 11.6 Å². The second kappa shape index (κ2) is 5.70. The molecule has 1 aromatic heterocycles. The van der Waals surface area contributed by atoms with Gasteiger partial charge in [-0.15, -0.1) is 0 Å². The zero-order valence-electron chi connectivity index (χ0n) is 10.9. The minimum Gasteiger partial charge on any atom is -0.352 e. The highest BCUT2D eigenvalue weighted by Gasteiger charge is 2.22. The Hall–Kier alpha value is -1.09. The van der Waals surface area contributed by atoms with Crippen molar-refractivity contribution in [1.29, 1.82) is 0 Å². The number of pyridine rings is 1. The summed E-state index contributed by atoms with van der Waals surface area (Å²) < 4.78 is 0. The highest BCUT2D eigenvalue weighted by Crippen LogP contribution is 2.29. The number of nitrogens with zero attached hydrogens (tertiary/aromatic N) is 1. The van der Waals surface area contributed by atoms with E-state index in [0.29, 0.717) is 16.5 Å². The summed E-state index contributed by atoms with van der Waals surface area (Å²) in [5, 5.41) is 3.43. The second-order valence-electron chi connectivity index (χ2n) is 5.30. The minimum absolute atomic E-state index is 0.118. The molecule has 1 amide bonds. The molecule has 2 rings (SSSR count). The van der Waals surface area contributed by atoms with Crippen molar-refractivity contribution in [2.45, 2.75) is 33.1 Å². The molecule has 1 saturated carbocycles. The van der Waals surface area contributed by atoms with Crippen LogP contribution in [0.15, 0.2) is 12.3 Å². The highest BCUT2D eigenvalue weighted by molar-refractivity contribution is 6.33. The molecule has 0 saturated heterocycles. The molecular weight excluding hydrogens is 248 g/mol. The Bertz CT molecular complexity index is 447. The highest BCUT2D eigenvalue weighted by atomic mass is 35.5. The van der Waals surface area contributed by atoms with Crippen LogP contribution in [0.1, 0.15) is 42.2 Å². The van der Waals surface area contributed by atoms with Crippen LogP contribution in [0, 0.1) is 18.8 Å². The molecule has 0 aliphatic heterocycles. The van der Waals surface area contributed by atoms with Crippen molar-refractivity contribution in [2.75, 3.05) is 6.54 Å². The largest absolute Gasteiger partial charge is 0.352 e. The normalized spacial score (nSPS) is 23.1. The van der Waals surface area contributed by atoms with Crippen LogP contribution in [-0.4, -0.2) is 17.4 Å². The van der Waals surface area contributed by atoms with E-state index >= 15 is 0 Å². The van der Waals surface area contributed by atoms with Crippen molar-refractivity contribution in [3.8, 4) is 0 Å². The van der Waals surface area contributed by atoms with Gasteiger partial charge in [0.05, 0.1) is 10.6 Å².